The van der Waals surface area contributed by atoms with Gasteiger partial charge in [-0.25, -0.2) is 0 Å². The smallest absolute Gasteiger partial charge is 0.125 e. The van der Waals surface area contributed by atoms with Crippen molar-refractivity contribution in [2.45, 2.75) is 26.3 Å². The zero-order valence-corrected chi connectivity index (χ0v) is 12.9. The Bertz CT molecular complexity index is 493. The first-order valence-electron chi connectivity index (χ1n) is 6.25. The van der Waals surface area contributed by atoms with Gasteiger partial charge in [0.1, 0.15) is 5.76 Å². The standard InChI is InChI=1S/C15H18INO/c1-3-9-17-15(13-8-5-10-18-13)12-7-4-6-11(2)14(12)16/h4-8,10,15,17H,3,9H2,1-2H3. The molecule has 0 radical (unpaired) electrons. The maximum absolute atomic E-state index is 5.58. The molecule has 0 bridgehead atoms. The van der Waals surface area contributed by atoms with Crippen molar-refractivity contribution in [3.8, 4) is 0 Å². The Kier molecular flexibility index (Phi) is 4.83. The van der Waals surface area contributed by atoms with Gasteiger partial charge in [0.05, 0.1) is 12.3 Å². The lowest BCUT2D eigenvalue weighted by molar-refractivity contribution is 0.446. The van der Waals surface area contributed by atoms with Crippen molar-refractivity contribution >= 4 is 22.6 Å². The molecule has 2 nitrogen and oxygen atoms in total. The number of hydrogen-bond donors (Lipinski definition) is 1. The van der Waals surface area contributed by atoms with Crippen LogP contribution in [0.3, 0.4) is 0 Å². The monoisotopic (exact) mass is 355 g/mol. The average molecular weight is 355 g/mol. The molecule has 1 N–H and O–H groups in total. The Labute approximate surface area is 122 Å². The molecular weight excluding hydrogens is 337 g/mol. The van der Waals surface area contributed by atoms with Crippen LogP contribution in [0, 0.1) is 10.5 Å². The van der Waals surface area contributed by atoms with Gasteiger partial charge in [0.25, 0.3) is 0 Å². The number of aryl methyl sites for hydroxylation is 1. The number of halogens is 1. The fraction of sp³-hybridized carbons (Fsp3) is 0.333. The van der Waals surface area contributed by atoms with Crippen LogP contribution < -0.4 is 5.32 Å². The highest BCUT2D eigenvalue weighted by Gasteiger charge is 2.18. The molecule has 0 aliphatic rings. The van der Waals surface area contributed by atoms with Gasteiger partial charge in [0.2, 0.25) is 0 Å². The van der Waals surface area contributed by atoms with Crippen molar-refractivity contribution in [1.29, 1.82) is 0 Å². The number of rotatable bonds is 5. The fourth-order valence-corrected chi connectivity index (χ4v) is 2.67. The molecule has 1 heterocycles. The van der Waals surface area contributed by atoms with E-state index >= 15 is 0 Å². The lowest BCUT2D eigenvalue weighted by Gasteiger charge is -2.19. The third-order valence-corrected chi connectivity index (χ3v) is 4.43. The maximum Gasteiger partial charge on any atom is 0.125 e. The van der Waals surface area contributed by atoms with Gasteiger partial charge in [0.15, 0.2) is 0 Å². The summed E-state index contributed by atoms with van der Waals surface area (Å²) in [4.78, 5) is 0. The van der Waals surface area contributed by atoms with E-state index in [0.29, 0.717) is 0 Å². The molecule has 0 fully saturated rings. The number of furan rings is 1. The van der Waals surface area contributed by atoms with Crippen molar-refractivity contribution in [3.63, 3.8) is 0 Å². The molecule has 1 aromatic heterocycles. The summed E-state index contributed by atoms with van der Waals surface area (Å²) in [6, 6.07) is 10.5. The molecule has 1 atom stereocenters. The van der Waals surface area contributed by atoms with E-state index in [2.05, 4.69) is 60.0 Å². The van der Waals surface area contributed by atoms with Gasteiger partial charge >= 0.3 is 0 Å². The molecule has 0 aliphatic carbocycles. The van der Waals surface area contributed by atoms with Crippen molar-refractivity contribution in [1.82, 2.24) is 5.32 Å². The molecule has 0 aliphatic heterocycles. The van der Waals surface area contributed by atoms with Crippen LogP contribution in [0.5, 0.6) is 0 Å². The maximum atomic E-state index is 5.58. The van der Waals surface area contributed by atoms with Crippen LogP contribution in [-0.4, -0.2) is 6.54 Å². The molecule has 0 saturated heterocycles. The highest BCUT2D eigenvalue weighted by Crippen LogP contribution is 2.28. The second-order valence-corrected chi connectivity index (χ2v) is 5.46. The minimum Gasteiger partial charge on any atom is -0.467 e. The van der Waals surface area contributed by atoms with Crippen LogP contribution in [-0.2, 0) is 0 Å². The minimum absolute atomic E-state index is 0.145. The molecule has 3 heteroatoms. The van der Waals surface area contributed by atoms with E-state index in [0.717, 1.165) is 18.7 Å². The van der Waals surface area contributed by atoms with Gasteiger partial charge in [0, 0.05) is 3.57 Å². The Balaban J connectivity index is 2.37. The van der Waals surface area contributed by atoms with E-state index in [-0.39, 0.29) is 6.04 Å². The van der Waals surface area contributed by atoms with Crippen LogP contribution in [0.1, 0.15) is 36.3 Å². The van der Waals surface area contributed by atoms with Gasteiger partial charge in [-0.3, -0.25) is 0 Å². The summed E-state index contributed by atoms with van der Waals surface area (Å²) in [5.41, 5.74) is 2.60. The first-order chi connectivity index (χ1) is 8.74. The van der Waals surface area contributed by atoms with Crippen molar-refractivity contribution < 1.29 is 4.42 Å². The van der Waals surface area contributed by atoms with Gasteiger partial charge in [-0.05, 0) is 65.7 Å². The van der Waals surface area contributed by atoms with Gasteiger partial charge in [-0.15, -0.1) is 0 Å². The van der Waals surface area contributed by atoms with Crippen molar-refractivity contribution in [2.24, 2.45) is 0 Å². The van der Waals surface area contributed by atoms with Gasteiger partial charge < -0.3 is 9.73 Å². The minimum atomic E-state index is 0.145. The first kappa shape index (κ1) is 13.6. The first-order valence-corrected chi connectivity index (χ1v) is 7.33. The Hall–Kier alpha value is -0.810. The predicted molar refractivity (Wildman–Crippen MR) is 82.7 cm³/mol. The molecule has 96 valence electrons. The SMILES string of the molecule is CCCNC(c1ccco1)c1cccc(C)c1I. The normalized spacial score (nSPS) is 12.6. The average Bonchev–Trinajstić information content (AvgIpc) is 2.88. The number of benzene rings is 1. The van der Waals surface area contributed by atoms with Crippen LogP contribution in [0.15, 0.2) is 41.0 Å². The topological polar surface area (TPSA) is 25.2 Å². The molecule has 2 rings (SSSR count). The fourth-order valence-electron chi connectivity index (χ4n) is 2.00. The molecule has 1 aromatic carbocycles. The summed E-state index contributed by atoms with van der Waals surface area (Å²) in [5.74, 6) is 0.979. The molecule has 0 spiro atoms. The number of nitrogens with one attached hydrogen (secondary N) is 1. The Morgan fingerprint density at radius 1 is 1.28 bits per heavy atom. The highest BCUT2D eigenvalue weighted by atomic mass is 127. The molecule has 0 saturated carbocycles. The van der Waals surface area contributed by atoms with Crippen LogP contribution in [0.4, 0.5) is 0 Å². The van der Waals surface area contributed by atoms with E-state index in [4.69, 9.17) is 4.42 Å². The van der Waals surface area contributed by atoms with E-state index in [9.17, 15) is 0 Å². The van der Waals surface area contributed by atoms with Crippen LogP contribution in [0.25, 0.3) is 0 Å². The largest absolute Gasteiger partial charge is 0.467 e. The van der Waals surface area contributed by atoms with Gasteiger partial charge in [-0.2, -0.15) is 0 Å². The van der Waals surface area contributed by atoms with E-state index in [1.807, 2.05) is 12.1 Å². The summed E-state index contributed by atoms with van der Waals surface area (Å²) < 4.78 is 6.88. The predicted octanol–water partition coefficient (Wildman–Crippen LogP) is 4.28. The second kappa shape index (κ2) is 6.38. The number of hydrogen-bond acceptors (Lipinski definition) is 2. The summed E-state index contributed by atoms with van der Waals surface area (Å²) in [6.07, 6.45) is 2.85. The summed E-state index contributed by atoms with van der Waals surface area (Å²) in [5, 5.41) is 3.56. The Morgan fingerprint density at radius 3 is 2.78 bits per heavy atom. The third kappa shape index (κ3) is 2.95. The van der Waals surface area contributed by atoms with Crippen LogP contribution >= 0.6 is 22.6 Å². The second-order valence-electron chi connectivity index (χ2n) is 4.38. The lowest BCUT2D eigenvalue weighted by Crippen LogP contribution is -2.23. The lowest BCUT2D eigenvalue weighted by atomic mass is 10.0. The van der Waals surface area contributed by atoms with Gasteiger partial charge in [-0.1, -0.05) is 25.1 Å². The van der Waals surface area contributed by atoms with E-state index in [1.54, 1.807) is 6.26 Å². The highest BCUT2D eigenvalue weighted by molar-refractivity contribution is 14.1. The van der Waals surface area contributed by atoms with Crippen LogP contribution in [0.2, 0.25) is 0 Å². The molecule has 2 aromatic rings. The molecular formula is C15H18INO. The molecule has 18 heavy (non-hydrogen) atoms. The van der Waals surface area contributed by atoms with Crippen molar-refractivity contribution in [3.05, 3.63) is 57.1 Å². The quantitative estimate of drug-likeness (QED) is 0.810. The van der Waals surface area contributed by atoms with E-state index < -0.39 is 0 Å². The molecule has 1 unspecified atom stereocenters. The summed E-state index contributed by atoms with van der Waals surface area (Å²) in [6.45, 7) is 5.30. The molecule has 0 amide bonds. The zero-order chi connectivity index (χ0) is 13.0. The zero-order valence-electron chi connectivity index (χ0n) is 10.7. The van der Waals surface area contributed by atoms with Crippen molar-refractivity contribution in [2.75, 3.05) is 6.54 Å². The third-order valence-electron chi connectivity index (χ3n) is 2.96. The summed E-state index contributed by atoms with van der Waals surface area (Å²) in [7, 11) is 0. The van der Waals surface area contributed by atoms with E-state index in [1.165, 1.54) is 14.7 Å². The summed E-state index contributed by atoms with van der Waals surface area (Å²) >= 11 is 2.42. The Morgan fingerprint density at radius 2 is 2.11 bits per heavy atom.